The maximum Gasteiger partial charge on any atom is 0.376 e. The van der Waals surface area contributed by atoms with Gasteiger partial charge in [0.15, 0.2) is 0 Å². The molecular formula is C12H18BIN2O. The average Bonchev–Trinajstić information content (AvgIpc) is 2.33. The van der Waals surface area contributed by atoms with Gasteiger partial charge in [0.05, 0.1) is 0 Å². The van der Waals surface area contributed by atoms with Gasteiger partial charge in [0.1, 0.15) is 0 Å². The third-order valence-corrected chi connectivity index (χ3v) is 3.99. The number of nitrogens with one attached hydrogen (secondary N) is 1. The molecule has 3 nitrogen and oxygen atoms in total. The summed E-state index contributed by atoms with van der Waals surface area (Å²) in [5.41, 5.74) is 1.20. The van der Waals surface area contributed by atoms with Gasteiger partial charge in [-0.1, -0.05) is 0 Å². The number of hydrogen-bond acceptors (Lipinski definition) is 3. The van der Waals surface area contributed by atoms with Crippen molar-refractivity contribution in [2.45, 2.75) is 25.7 Å². The Kier molecular flexibility index (Phi) is 4.70. The third-order valence-electron chi connectivity index (χ3n) is 3.27. The van der Waals surface area contributed by atoms with E-state index in [1.54, 1.807) is 0 Å². The highest BCUT2D eigenvalue weighted by atomic mass is 127. The molecule has 1 fully saturated rings. The summed E-state index contributed by atoms with van der Waals surface area (Å²) in [6.07, 6.45) is 2.19. The Labute approximate surface area is 117 Å². The van der Waals surface area contributed by atoms with Crippen LogP contribution in [0.2, 0.25) is 6.82 Å². The molecule has 0 aromatic heterocycles. The minimum atomic E-state index is -0.311. The number of piperidine rings is 1. The molecule has 1 aromatic carbocycles. The molecular weight excluding hydrogens is 326 g/mol. The topological polar surface area (TPSA) is 35.5 Å². The maximum absolute atomic E-state index is 9.49. The SMILES string of the molecule is CB(O)N1CCC(Nc2ccc(I)cc2)CC1. The second-order valence-corrected chi connectivity index (χ2v) is 5.84. The van der Waals surface area contributed by atoms with Crippen LogP contribution in [0.1, 0.15) is 12.8 Å². The monoisotopic (exact) mass is 344 g/mol. The highest BCUT2D eigenvalue weighted by Crippen LogP contribution is 2.18. The van der Waals surface area contributed by atoms with Gasteiger partial charge >= 0.3 is 7.05 Å². The molecule has 0 radical (unpaired) electrons. The Balaban J connectivity index is 1.84. The summed E-state index contributed by atoms with van der Waals surface area (Å²) in [5, 5.41) is 13.0. The molecule has 1 aliphatic rings. The van der Waals surface area contributed by atoms with Crippen LogP contribution in [0, 0.1) is 3.57 Å². The van der Waals surface area contributed by atoms with Crippen LogP contribution < -0.4 is 5.32 Å². The Bertz CT molecular complexity index is 350. The van der Waals surface area contributed by atoms with Gasteiger partial charge in [0.2, 0.25) is 0 Å². The minimum Gasteiger partial charge on any atom is -0.437 e. The van der Waals surface area contributed by atoms with E-state index < -0.39 is 0 Å². The highest BCUT2D eigenvalue weighted by molar-refractivity contribution is 14.1. The molecule has 5 heteroatoms. The maximum atomic E-state index is 9.49. The van der Waals surface area contributed by atoms with Crippen molar-refractivity contribution in [2.75, 3.05) is 18.4 Å². The van der Waals surface area contributed by atoms with Crippen LogP contribution in [-0.2, 0) is 0 Å². The molecule has 0 saturated carbocycles. The van der Waals surface area contributed by atoms with E-state index in [2.05, 4.69) is 57.0 Å². The quantitative estimate of drug-likeness (QED) is 0.653. The van der Waals surface area contributed by atoms with Crippen molar-refractivity contribution in [1.29, 1.82) is 0 Å². The molecule has 92 valence electrons. The van der Waals surface area contributed by atoms with Gasteiger partial charge in [-0.05, 0) is 79.6 Å². The molecule has 0 amide bonds. The van der Waals surface area contributed by atoms with Crippen molar-refractivity contribution in [1.82, 2.24) is 4.81 Å². The predicted octanol–water partition coefficient (Wildman–Crippen LogP) is 2.28. The standard InChI is InChI=1S/C12H18BIN2O/c1-13(17)16-8-6-12(7-9-16)15-11-4-2-10(14)3-5-11/h2-5,12,15,17H,6-9H2,1H3. The van der Waals surface area contributed by atoms with E-state index in [-0.39, 0.29) is 7.05 Å². The van der Waals surface area contributed by atoms with Gasteiger partial charge in [-0.2, -0.15) is 0 Å². The van der Waals surface area contributed by atoms with Gasteiger partial charge in [-0.25, -0.2) is 0 Å². The molecule has 1 aliphatic heterocycles. The fraction of sp³-hybridized carbons (Fsp3) is 0.500. The van der Waals surface area contributed by atoms with Gasteiger partial charge in [0.25, 0.3) is 0 Å². The van der Waals surface area contributed by atoms with E-state index in [9.17, 15) is 5.02 Å². The molecule has 0 spiro atoms. The zero-order valence-electron chi connectivity index (χ0n) is 10.1. The zero-order valence-corrected chi connectivity index (χ0v) is 12.2. The van der Waals surface area contributed by atoms with Crippen molar-refractivity contribution in [3.05, 3.63) is 27.8 Å². The summed E-state index contributed by atoms with van der Waals surface area (Å²) in [6.45, 7) is 3.78. The third kappa shape index (κ3) is 3.86. The van der Waals surface area contributed by atoms with E-state index in [4.69, 9.17) is 0 Å². The number of rotatable bonds is 3. The van der Waals surface area contributed by atoms with E-state index in [1.165, 1.54) is 9.26 Å². The predicted molar refractivity (Wildman–Crippen MR) is 81.2 cm³/mol. The van der Waals surface area contributed by atoms with Crippen LogP contribution in [-0.4, -0.2) is 36.0 Å². The first-order valence-electron chi connectivity index (χ1n) is 6.09. The largest absolute Gasteiger partial charge is 0.437 e. The lowest BCUT2D eigenvalue weighted by Crippen LogP contribution is -2.45. The van der Waals surface area contributed by atoms with Crippen LogP contribution in [0.15, 0.2) is 24.3 Å². The molecule has 17 heavy (non-hydrogen) atoms. The zero-order chi connectivity index (χ0) is 12.3. The van der Waals surface area contributed by atoms with Gasteiger partial charge < -0.3 is 15.2 Å². The van der Waals surface area contributed by atoms with Gasteiger partial charge in [-0.3, -0.25) is 0 Å². The minimum absolute atomic E-state index is 0.311. The van der Waals surface area contributed by atoms with Crippen molar-refractivity contribution >= 4 is 35.3 Å². The highest BCUT2D eigenvalue weighted by Gasteiger charge is 2.23. The van der Waals surface area contributed by atoms with E-state index >= 15 is 0 Å². The van der Waals surface area contributed by atoms with E-state index in [0.717, 1.165) is 25.9 Å². The molecule has 0 atom stereocenters. The van der Waals surface area contributed by atoms with E-state index in [0.29, 0.717) is 6.04 Å². The first-order valence-corrected chi connectivity index (χ1v) is 7.17. The van der Waals surface area contributed by atoms with E-state index in [1.807, 2.05) is 6.82 Å². The fourth-order valence-electron chi connectivity index (χ4n) is 2.20. The molecule has 2 rings (SSSR count). The van der Waals surface area contributed by atoms with Crippen LogP contribution in [0.25, 0.3) is 0 Å². The Hall–Kier alpha value is -0.265. The molecule has 1 aromatic rings. The van der Waals surface area contributed by atoms with Crippen LogP contribution in [0.5, 0.6) is 0 Å². The van der Waals surface area contributed by atoms with Crippen LogP contribution in [0.3, 0.4) is 0 Å². The molecule has 2 N–H and O–H groups in total. The fourth-order valence-corrected chi connectivity index (χ4v) is 2.56. The summed E-state index contributed by atoms with van der Waals surface area (Å²) in [7, 11) is -0.311. The second kappa shape index (κ2) is 6.06. The molecule has 0 aliphatic carbocycles. The Morgan fingerprint density at radius 1 is 1.29 bits per heavy atom. The number of anilines is 1. The van der Waals surface area contributed by atoms with Crippen molar-refractivity contribution in [2.24, 2.45) is 0 Å². The summed E-state index contributed by atoms with van der Waals surface area (Å²) < 4.78 is 1.26. The van der Waals surface area contributed by atoms with Crippen LogP contribution >= 0.6 is 22.6 Å². The van der Waals surface area contributed by atoms with Crippen molar-refractivity contribution in [3.8, 4) is 0 Å². The first-order chi connectivity index (χ1) is 8.15. The van der Waals surface area contributed by atoms with Gasteiger partial charge in [0, 0.05) is 15.3 Å². The van der Waals surface area contributed by atoms with Crippen LogP contribution in [0.4, 0.5) is 5.69 Å². The lowest BCUT2D eigenvalue weighted by Gasteiger charge is -2.33. The smallest absolute Gasteiger partial charge is 0.376 e. The summed E-state index contributed by atoms with van der Waals surface area (Å²) >= 11 is 2.31. The molecule has 1 heterocycles. The Morgan fingerprint density at radius 3 is 2.41 bits per heavy atom. The summed E-state index contributed by atoms with van der Waals surface area (Å²) in [5.74, 6) is 0. The second-order valence-electron chi connectivity index (χ2n) is 4.59. The number of nitrogens with zero attached hydrogens (tertiary/aromatic N) is 1. The van der Waals surface area contributed by atoms with Gasteiger partial charge in [-0.15, -0.1) is 0 Å². The van der Waals surface area contributed by atoms with Crippen molar-refractivity contribution < 1.29 is 5.02 Å². The Morgan fingerprint density at radius 2 is 1.88 bits per heavy atom. The lowest BCUT2D eigenvalue weighted by atomic mass is 9.82. The number of hydrogen-bond donors (Lipinski definition) is 2. The summed E-state index contributed by atoms with van der Waals surface area (Å²) in [6, 6.07) is 9.03. The normalized spacial score (nSPS) is 18.1. The first kappa shape index (κ1) is 13.2. The molecule has 0 bridgehead atoms. The summed E-state index contributed by atoms with van der Waals surface area (Å²) in [4.78, 5) is 2.12. The lowest BCUT2D eigenvalue weighted by molar-refractivity contribution is 0.298. The molecule has 0 unspecified atom stereocenters. The number of benzene rings is 1. The average molecular weight is 344 g/mol. The number of halogens is 1. The molecule has 1 saturated heterocycles. The van der Waals surface area contributed by atoms with Crippen molar-refractivity contribution in [3.63, 3.8) is 0 Å².